The van der Waals surface area contributed by atoms with E-state index < -0.39 is 51.9 Å². The van der Waals surface area contributed by atoms with Gasteiger partial charge in [-0.05, 0) is 6.92 Å². The Morgan fingerprint density at radius 2 is 2.05 bits per heavy atom. The second kappa shape index (κ2) is 4.57. The van der Waals surface area contributed by atoms with Gasteiger partial charge in [0.1, 0.15) is 0 Å². The largest absolute Gasteiger partial charge is 0.459 e. The summed E-state index contributed by atoms with van der Waals surface area (Å²) in [6, 6.07) is 0.163. The van der Waals surface area contributed by atoms with Crippen LogP contribution in [0.1, 0.15) is 12.5 Å². The Labute approximate surface area is 115 Å². The van der Waals surface area contributed by atoms with E-state index in [1.54, 1.807) is 0 Å². The minimum atomic E-state index is -3.74. The summed E-state index contributed by atoms with van der Waals surface area (Å²) in [5.74, 6) is -7.02. The van der Waals surface area contributed by atoms with E-state index in [2.05, 4.69) is 9.73 Å². The molecule has 1 aromatic rings. The second-order valence-electron chi connectivity index (χ2n) is 4.56. The molecular weight excluding hydrogens is 298 g/mol. The molecule has 114 valence electrons. The van der Waals surface area contributed by atoms with Crippen molar-refractivity contribution in [2.75, 3.05) is 6.61 Å². The number of ether oxygens (including phenoxy) is 1. The second-order valence-corrected chi connectivity index (χ2v) is 4.56. The fourth-order valence-corrected chi connectivity index (χ4v) is 1.93. The standard InChI is InChI=1S/C11H9F4N3O3/c1-10(11(14,15)4-21-9(16)17-10)6-2-5(18(19)20)3-7(12)8(6)13/h2-3H,4H2,1H3,(H2,16,17). The van der Waals surface area contributed by atoms with Gasteiger partial charge in [0.2, 0.25) is 0 Å². The molecule has 0 aliphatic carbocycles. The van der Waals surface area contributed by atoms with Gasteiger partial charge in [-0.3, -0.25) is 10.1 Å². The summed E-state index contributed by atoms with van der Waals surface area (Å²) < 4.78 is 59.7. The lowest BCUT2D eigenvalue weighted by Crippen LogP contribution is -2.51. The molecule has 0 saturated carbocycles. The van der Waals surface area contributed by atoms with Gasteiger partial charge in [0.25, 0.3) is 11.7 Å². The first-order valence-electron chi connectivity index (χ1n) is 5.58. The Morgan fingerprint density at radius 1 is 1.43 bits per heavy atom. The quantitative estimate of drug-likeness (QED) is 0.514. The van der Waals surface area contributed by atoms with Crippen LogP contribution < -0.4 is 5.73 Å². The summed E-state index contributed by atoms with van der Waals surface area (Å²) in [4.78, 5) is 13.0. The van der Waals surface area contributed by atoms with Crippen LogP contribution in [0.5, 0.6) is 0 Å². The summed E-state index contributed by atoms with van der Waals surface area (Å²) in [7, 11) is 0. The summed E-state index contributed by atoms with van der Waals surface area (Å²) in [6.07, 6.45) is 0. The SMILES string of the molecule is CC1(c2cc([N+](=O)[O-])cc(F)c2F)N=C(N)OCC1(F)F. The molecule has 0 saturated heterocycles. The number of halogens is 4. The maximum atomic E-state index is 14.0. The Kier molecular flexibility index (Phi) is 3.27. The fourth-order valence-electron chi connectivity index (χ4n) is 1.93. The number of nitrogens with zero attached hydrogens (tertiary/aromatic N) is 2. The van der Waals surface area contributed by atoms with Crippen molar-refractivity contribution in [3.63, 3.8) is 0 Å². The third kappa shape index (κ3) is 2.26. The van der Waals surface area contributed by atoms with Crippen molar-refractivity contribution in [1.29, 1.82) is 0 Å². The van der Waals surface area contributed by atoms with Gasteiger partial charge in [0.05, 0.1) is 11.0 Å². The lowest BCUT2D eigenvalue weighted by Gasteiger charge is -2.37. The third-order valence-corrected chi connectivity index (χ3v) is 3.20. The number of nitro groups is 1. The van der Waals surface area contributed by atoms with Gasteiger partial charge in [-0.2, -0.15) is 8.78 Å². The van der Waals surface area contributed by atoms with Crippen LogP contribution in [0.2, 0.25) is 0 Å². The number of amidine groups is 1. The Morgan fingerprint density at radius 3 is 2.62 bits per heavy atom. The molecule has 10 heteroatoms. The lowest BCUT2D eigenvalue weighted by atomic mass is 9.85. The van der Waals surface area contributed by atoms with E-state index in [9.17, 15) is 27.7 Å². The molecule has 0 spiro atoms. The highest BCUT2D eigenvalue weighted by Gasteiger charge is 2.57. The average Bonchev–Trinajstić information content (AvgIpc) is 2.37. The van der Waals surface area contributed by atoms with Crippen LogP contribution >= 0.6 is 0 Å². The number of hydrogen-bond donors (Lipinski definition) is 1. The Hall–Kier alpha value is -2.39. The number of non-ortho nitro benzene ring substituents is 1. The smallest absolute Gasteiger partial charge is 0.310 e. The van der Waals surface area contributed by atoms with E-state index in [0.717, 1.165) is 6.92 Å². The van der Waals surface area contributed by atoms with Crippen molar-refractivity contribution in [1.82, 2.24) is 0 Å². The van der Waals surface area contributed by atoms with Crippen molar-refractivity contribution >= 4 is 11.7 Å². The predicted octanol–water partition coefficient (Wildman–Crippen LogP) is 2.07. The van der Waals surface area contributed by atoms with E-state index in [4.69, 9.17) is 5.73 Å². The van der Waals surface area contributed by atoms with Crippen LogP contribution in [0, 0.1) is 21.7 Å². The average molecular weight is 307 g/mol. The zero-order valence-electron chi connectivity index (χ0n) is 10.6. The first-order chi connectivity index (χ1) is 9.58. The maximum absolute atomic E-state index is 14.0. The maximum Gasteiger partial charge on any atom is 0.310 e. The monoisotopic (exact) mass is 307 g/mol. The molecule has 6 nitrogen and oxygen atoms in total. The van der Waals surface area contributed by atoms with Crippen molar-refractivity contribution in [3.05, 3.63) is 39.4 Å². The molecule has 1 atom stereocenters. The van der Waals surface area contributed by atoms with Crippen LogP contribution in [0.3, 0.4) is 0 Å². The number of nitrogens with two attached hydrogens (primary N) is 1. The molecule has 1 aliphatic heterocycles. The summed E-state index contributed by atoms with van der Waals surface area (Å²) in [5.41, 5.74) is 0.739. The summed E-state index contributed by atoms with van der Waals surface area (Å²) in [5, 5.41) is 10.7. The van der Waals surface area contributed by atoms with E-state index in [0.29, 0.717) is 12.1 Å². The third-order valence-electron chi connectivity index (χ3n) is 3.20. The van der Waals surface area contributed by atoms with Gasteiger partial charge in [0, 0.05) is 11.6 Å². The Balaban J connectivity index is 2.74. The highest BCUT2D eigenvalue weighted by atomic mass is 19.3. The number of hydrogen-bond acceptors (Lipinski definition) is 5. The molecule has 21 heavy (non-hydrogen) atoms. The topological polar surface area (TPSA) is 90.8 Å². The zero-order chi connectivity index (χ0) is 16.0. The molecule has 1 heterocycles. The fraction of sp³-hybridized carbons (Fsp3) is 0.364. The van der Waals surface area contributed by atoms with Crippen LogP contribution in [0.25, 0.3) is 0 Å². The van der Waals surface area contributed by atoms with Crippen molar-refractivity contribution in [2.45, 2.75) is 18.4 Å². The molecule has 1 unspecified atom stereocenters. The molecule has 1 aromatic carbocycles. The molecule has 0 radical (unpaired) electrons. The van der Waals surface area contributed by atoms with E-state index >= 15 is 0 Å². The van der Waals surface area contributed by atoms with Crippen LogP contribution in [0.4, 0.5) is 23.2 Å². The first kappa shape index (κ1) is 15.0. The molecule has 0 bridgehead atoms. The number of benzene rings is 1. The van der Waals surface area contributed by atoms with Gasteiger partial charge >= 0.3 is 5.92 Å². The van der Waals surface area contributed by atoms with Crippen LogP contribution in [-0.4, -0.2) is 23.5 Å². The zero-order valence-corrected chi connectivity index (χ0v) is 10.6. The van der Waals surface area contributed by atoms with Gasteiger partial charge in [0.15, 0.2) is 23.8 Å². The molecule has 0 fully saturated rings. The van der Waals surface area contributed by atoms with Crippen molar-refractivity contribution < 1.29 is 27.2 Å². The van der Waals surface area contributed by atoms with E-state index in [1.807, 2.05) is 0 Å². The Bertz CT molecular complexity index is 650. The molecule has 0 aromatic heterocycles. The van der Waals surface area contributed by atoms with Crippen molar-refractivity contribution in [2.24, 2.45) is 10.7 Å². The molecule has 0 amide bonds. The van der Waals surface area contributed by atoms with Crippen LogP contribution in [0.15, 0.2) is 17.1 Å². The number of aliphatic imine (C=N–C) groups is 1. The highest BCUT2D eigenvalue weighted by molar-refractivity contribution is 5.73. The molecular formula is C11H9F4N3O3. The van der Waals surface area contributed by atoms with Crippen molar-refractivity contribution in [3.8, 4) is 0 Å². The summed E-state index contributed by atoms with van der Waals surface area (Å²) >= 11 is 0. The van der Waals surface area contributed by atoms with E-state index in [-0.39, 0.29) is 0 Å². The van der Waals surface area contributed by atoms with Gasteiger partial charge in [-0.25, -0.2) is 13.8 Å². The highest BCUT2D eigenvalue weighted by Crippen LogP contribution is 2.45. The number of rotatable bonds is 2. The van der Waals surface area contributed by atoms with Gasteiger partial charge < -0.3 is 10.5 Å². The predicted molar refractivity (Wildman–Crippen MR) is 62.9 cm³/mol. The first-order valence-corrected chi connectivity index (χ1v) is 5.58. The minimum absolute atomic E-state index is 0.298. The number of nitro benzene ring substituents is 1. The van der Waals surface area contributed by atoms with Crippen LogP contribution in [-0.2, 0) is 10.3 Å². The molecule has 2 rings (SSSR count). The van der Waals surface area contributed by atoms with E-state index in [1.165, 1.54) is 0 Å². The number of alkyl halides is 2. The normalized spacial score (nSPS) is 24.1. The lowest BCUT2D eigenvalue weighted by molar-refractivity contribution is -0.385. The van der Waals surface area contributed by atoms with Gasteiger partial charge in [-0.1, -0.05) is 0 Å². The molecule has 2 N–H and O–H groups in total. The van der Waals surface area contributed by atoms with Gasteiger partial charge in [-0.15, -0.1) is 0 Å². The summed E-state index contributed by atoms with van der Waals surface area (Å²) in [6.45, 7) is -0.410. The molecule has 1 aliphatic rings. The minimum Gasteiger partial charge on any atom is -0.459 e.